The lowest BCUT2D eigenvalue weighted by Gasteiger charge is -2.40. The third-order valence-corrected chi connectivity index (χ3v) is 5.02. The highest BCUT2D eigenvalue weighted by Gasteiger charge is 2.44. The van der Waals surface area contributed by atoms with Crippen LogP contribution < -0.4 is 0 Å². The number of hydrogen-bond donors (Lipinski definition) is 0. The predicted octanol–water partition coefficient (Wildman–Crippen LogP) is 4.69. The second kappa shape index (κ2) is 6.50. The number of ether oxygens (including phenoxy) is 1. The van der Waals surface area contributed by atoms with Gasteiger partial charge in [-0.05, 0) is 48.8 Å². The Morgan fingerprint density at radius 1 is 1.38 bits per heavy atom. The Bertz CT molecular complexity index is 501. The third kappa shape index (κ3) is 2.78. The Kier molecular flexibility index (Phi) is 4.92. The average Bonchev–Trinajstić information content (AvgIpc) is 3.06. The molecule has 2 rings (SSSR count). The molecule has 0 radical (unpaired) electrons. The molecule has 0 aromatic carbocycles. The van der Waals surface area contributed by atoms with Gasteiger partial charge in [-0.25, -0.2) is 0 Å². The van der Waals surface area contributed by atoms with Crippen molar-refractivity contribution >= 4 is 11.5 Å². The lowest BCUT2D eigenvalue weighted by atomic mass is 9.63. The van der Waals surface area contributed by atoms with Crippen molar-refractivity contribution in [3.05, 3.63) is 30.2 Å². The van der Waals surface area contributed by atoms with Gasteiger partial charge in [0.15, 0.2) is 0 Å². The summed E-state index contributed by atoms with van der Waals surface area (Å²) in [5.41, 5.74) is 0.663. The number of carbonyl (C=O) groups is 1. The van der Waals surface area contributed by atoms with Crippen LogP contribution in [0, 0.1) is 17.3 Å². The minimum absolute atomic E-state index is 0.123. The fraction of sp³-hybridized carbons (Fsp3) is 0.611. The van der Waals surface area contributed by atoms with E-state index >= 15 is 0 Å². The van der Waals surface area contributed by atoms with E-state index in [-0.39, 0.29) is 5.97 Å². The van der Waals surface area contributed by atoms with Crippen molar-refractivity contribution in [1.82, 2.24) is 0 Å². The van der Waals surface area contributed by atoms with Gasteiger partial charge in [0.25, 0.3) is 0 Å². The Morgan fingerprint density at radius 3 is 2.62 bits per heavy atom. The van der Waals surface area contributed by atoms with Gasteiger partial charge in [-0.1, -0.05) is 33.3 Å². The molecule has 0 spiro atoms. The van der Waals surface area contributed by atoms with E-state index in [1.165, 1.54) is 12.7 Å². The molecule has 3 heteroatoms. The smallest absolute Gasteiger partial charge is 0.315 e. The summed E-state index contributed by atoms with van der Waals surface area (Å²) in [5, 5.41) is 0. The minimum Gasteiger partial charge on any atom is -0.468 e. The molecule has 0 bridgehead atoms. The molecule has 1 aromatic rings. The molecule has 0 aliphatic heterocycles. The third-order valence-electron chi connectivity index (χ3n) is 5.02. The molecule has 1 aliphatic rings. The molecule has 0 saturated carbocycles. The van der Waals surface area contributed by atoms with E-state index in [1.54, 1.807) is 6.26 Å². The molecule has 0 saturated heterocycles. The highest BCUT2D eigenvalue weighted by atomic mass is 16.5. The summed E-state index contributed by atoms with van der Waals surface area (Å²) in [5.74, 6) is 1.70. The molecule has 1 aliphatic carbocycles. The topological polar surface area (TPSA) is 39.4 Å². The van der Waals surface area contributed by atoms with Crippen LogP contribution in [0.3, 0.4) is 0 Å². The van der Waals surface area contributed by atoms with Crippen molar-refractivity contribution in [1.29, 1.82) is 0 Å². The average molecular weight is 290 g/mol. The van der Waals surface area contributed by atoms with Crippen LogP contribution in [-0.2, 0) is 9.53 Å². The van der Waals surface area contributed by atoms with Gasteiger partial charge < -0.3 is 9.15 Å². The van der Waals surface area contributed by atoms with Crippen molar-refractivity contribution in [2.24, 2.45) is 17.3 Å². The number of hydrogen-bond acceptors (Lipinski definition) is 3. The number of rotatable bonds is 5. The van der Waals surface area contributed by atoms with Gasteiger partial charge in [-0.2, -0.15) is 0 Å². The second-order valence-corrected chi connectivity index (χ2v) is 5.97. The van der Waals surface area contributed by atoms with Gasteiger partial charge in [0, 0.05) is 0 Å². The quantitative estimate of drug-likeness (QED) is 0.739. The molecular weight excluding hydrogens is 264 g/mol. The lowest BCUT2D eigenvalue weighted by molar-refractivity contribution is -0.151. The van der Waals surface area contributed by atoms with Crippen molar-refractivity contribution in [2.75, 3.05) is 7.11 Å². The minimum atomic E-state index is -0.511. The molecule has 116 valence electrons. The van der Waals surface area contributed by atoms with Crippen molar-refractivity contribution in [2.45, 2.75) is 46.5 Å². The summed E-state index contributed by atoms with van der Waals surface area (Å²) in [6, 6.07) is 3.90. The van der Waals surface area contributed by atoms with Gasteiger partial charge in [-0.15, -0.1) is 0 Å². The van der Waals surface area contributed by atoms with Crippen LogP contribution in [0.25, 0.3) is 5.57 Å². The molecule has 1 aromatic heterocycles. The van der Waals surface area contributed by atoms with E-state index in [0.717, 1.165) is 31.4 Å². The van der Waals surface area contributed by atoms with E-state index in [2.05, 4.69) is 26.8 Å². The number of methoxy groups -OCH3 is 1. The van der Waals surface area contributed by atoms with E-state index in [0.29, 0.717) is 11.8 Å². The molecule has 0 N–H and O–H groups in total. The maximum atomic E-state index is 12.4. The van der Waals surface area contributed by atoms with Gasteiger partial charge in [-0.3, -0.25) is 4.79 Å². The van der Waals surface area contributed by atoms with Gasteiger partial charge >= 0.3 is 5.97 Å². The molecule has 3 unspecified atom stereocenters. The fourth-order valence-corrected chi connectivity index (χ4v) is 3.74. The Morgan fingerprint density at radius 2 is 2.14 bits per heavy atom. The van der Waals surface area contributed by atoms with Crippen LogP contribution >= 0.6 is 0 Å². The SMILES string of the molecule is CCC1CC(CC)(C(=O)OC)C=C(c2ccco2)C1CC. The highest BCUT2D eigenvalue weighted by molar-refractivity contribution is 5.83. The first kappa shape index (κ1) is 15.9. The number of esters is 1. The zero-order valence-electron chi connectivity index (χ0n) is 13.5. The second-order valence-electron chi connectivity index (χ2n) is 5.97. The summed E-state index contributed by atoms with van der Waals surface area (Å²) in [6.45, 7) is 6.48. The summed E-state index contributed by atoms with van der Waals surface area (Å²) < 4.78 is 10.7. The lowest BCUT2D eigenvalue weighted by Crippen LogP contribution is -2.38. The summed E-state index contributed by atoms with van der Waals surface area (Å²) in [7, 11) is 1.48. The molecule has 0 amide bonds. The molecular formula is C18H26O3. The fourth-order valence-electron chi connectivity index (χ4n) is 3.74. The van der Waals surface area contributed by atoms with Crippen molar-refractivity contribution in [3.8, 4) is 0 Å². The zero-order valence-corrected chi connectivity index (χ0v) is 13.5. The highest BCUT2D eigenvalue weighted by Crippen LogP contribution is 2.49. The largest absolute Gasteiger partial charge is 0.468 e. The van der Waals surface area contributed by atoms with Crippen molar-refractivity contribution in [3.63, 3.8) is 0 Å². The van der Waals surface area contributed by atoms with Crippen LogP contribution in [0.2, 0.25) is 0 Å². The van der Waals surface area contributed by atoms with Crippen LogP contribution in [0.1, 0.15) is 52.2 Å². The van der Waals surface area contributed by atoms with Crippen LogP contribution in [0.4, 0.5) is 0 Å². The van der Waals surface area contributed by atoms with Crippen molar-refractivity contribution < 1.29 is 13.9 Å². The Labute approximate surface area is 127 Å². The first-order valence-electron chi connectivity index (χ1n) is 7.96. The van der Waals surface area contributed by atoms with E-state index in [4.69, 9.17) is 9.15 Å². The number of carbonyl (C=O) groups excluding carboxylic acids is 1. The number of allylic oxidation sites excluding steroid dienone is 1. The molecule has 3 nitrogen and oxygen atoms in total. The maximum absolute atomic E-state index is 12.4. The Balaban J connectivity index is 2.54. The normalized spacial score (nSPS) is 29.0. The van der Waals surface area contributed by atoms with Gasteiger partial charge in [0.2, 0.25) is 0 Å². The number of furan rings is 1. The van der Waals surface area contributed by atoms with Crippen LogP contribution in [0.5, 0.6) is 0 Å². The van der Waals surface area contributed by atoms with Crippen LogP contribution in [0.15, 0.2) is 28.9 Å². The van der Waals surface area contributed by atoms with Gasteiger partial charge in [0.05, 0.1) is 18.8 Å². The molecule has 3 atom stereocenters. The van der Waals surface area contributed by atoms with Crippen LogP contribution in [-0.4, -0.2) is 13.1 Å². The summed E-state index contributed by atoms with van der Waals surface area (Å²) in [4.78, 5) is 12.4. The first-order valence-corrected chi connectivity index (χ1v) is 7.96. The van der Waals surface area contributed by atoms with E-state index in [9.17, 15) is 4.79 Å². The maximum Gasteiger partial charge on any atom is 0.315 e. The predicted molar refractivity (Wildman–Crippen MR) is 83.6 cm³/mol. The monoisotopic (exact) mass is 290 g/mol. The standard InChI is InChI=1S/C18H26O3/c1-5-13-11-18(7-3,17(19)20-4)12-15(14(13)6-2)16-9-8-10-21-16/h8-10,12-14H,5-7,11H2,1-4H3. The first-order chi connectivity index (χ1) is 10.1. The Hall–Kier alpha value is -1.51. The summed E-state index contributed by atoms with van der Waals surface area (Å²) >= 11 is 0. The zero-order chi connectivity index (χ0) is 15.5. The van der Waals surface area contributed by atoms with Gasteiger partial charge in [0.1, 0.15) is 5.76 Å². The summed E-state index contributed by atoms with van der Waals surface area (Å²) in [6.07, 6.45) is 7.58. The molecule has 0 fully saturated rings. The van der Waals surface area contributed by atoms with E-state index in [1.807, 2.05) is 12.1 Å². The molecule has 21 heavy (non-hydrogen) atoms. The van der Waals surface area contributed by atoms with E-state index < -0.39 is 5.41 Å². The molecule has 1 heterocycles.